The van der Waals surface area contributed by atoms with Gasteiger partial charge in [-0.2, -0.15) is 0 Å². The zero-order valence-electron chi connectivity index (χ0n) is 6.82. The van der Waals surface area contributed by atoms with Crippen LogP contribution in [0.25, 0.3) is 11.3 Å². The molecule has 0 unspecified atom stereocenters. The fraction of sp³-hybridized carbons (Fsp3) is 0. The summed E-state index contributed by atoms with van der Waals surface area (Å²) in [6.07, 6.45) is 2.92. The molecule has 0 atom stereocenters. The summed E-state index contributed by atoms with van der Waals surface area (Å²) in [5.41, 5.74) is 2.33. The van der Waals surface area contributed by atoms with E-state index in [0.29, 0.717) is 0 Å². The Balaban J connectivity index is -0.000000302. The first kappa shape index (κ1) is 20.4. The molecule has 1 aliphatic carbocycles. The van der Waals surface area contributed by atoms with Crippen LogP contribution in [0.15, 0.2) is 28.7 Å². The number of aromatic amines is 1. The Morgan fingerprint density at radius 3 is 2.36 bits per heavy atom. The van der Waals surface area contributed by atoms with Gasteiger partial charge in [0.2, 0.25) is 0 Å². The molecule has 2 aliphatic rings. The zero-order chi connectivity index (χ0) is 6.97. The van der Waals surface area contributed by atoms with Gasteiger partial charge in [-0.25, -0.2) is 0 Å². The molecule has 1 aliphatic heterocycles. The smallest absolute Gasteiger partial charge is 1.00 e. The van der Waals surface area contributed by atoms with Gasteiger partial charge in [0.05, 0.1) is 0 Å². The normalized spacial score (nSPS) is 7.50. The third-order valence-corrected chi connectivity index (χ3v) is 2.14. The van der Waals surface area contributed by atoms with E-state index in [0.717, 1.165) is 10.2 Å². The topological polar surface area (TPSA) is 15.8 Å². The number of hydrogen-bond donors (Lipinski definition) is 1. The number of nitrogens with one attached hydrogen (secondary N) is 1. The van der Waals surface area contributed by atoms with Crippen molar-refractivity contribution < 1.29 is 63.4 Å². The largest absolute Gasteiger partial charge is 4.00 e. The Hall–Kier alpha value is 0.993. The fourth-order valence-corrected chi connectivity index (χ4v) is 1.45. The molecule has 74 valence electrons. The summed E-state index contributed by atoms with van der Waals surface area (Å²) in [6.45, 7) is 0. The molecular formula is C8H5BrCl3NZr. The van der Waals surface area contributed by atoms with Crippen molar-refractivity contribution in [3.63, 3.8) is 0 Å². The average molecular weight is 393 g/mol. The Bertz CT molecular complexity index is 328. The van der Waals surface area contributed by atoms with Gasteiger partial charge in [0.25, 0.3) is 0 Å². The summed E-state index contributed by atoms with van der Waals surface area (Å²) in [5.74, 6) is 0. The van der Waals surface area contributed by atoms with Crippen LogP contribution in [-0.2, 0) is 26.2 Å². The summed E-state index contributed by atoms with van der Waals surface area (Å²) >= 11 is 3.42. The monoisotopic (exact) mass is 389 g/mol. The van der Waals surface area contributed by atoms with Crippen molar-refractivity contribution in [2.45, 2.75) is 0 Å². The summed E-state index contributed by atoms with van der Waals surface area (Å²) < 4.78 is 1.09. The van der Waals surface area contributed by atoms with Crippen LogP contribution < -0.4 is 37.2 Å². The quantitative estimate of drug-likeness (QED) is 0.430. The van der Waals surface area contributed by atoms with Crippen LogP contribution in [0.2, 0.25) is 0 Å². The van der Waals surface area contributed by atoms with E-state index < -0.39 is 0 Å². The maximum Gasteiger partial charge on any atom is 4.00 e. The molecular weight excluding hydrogens is 388 g/mol. The molecule has 0 aromatic carbocycles. The molecule has 0 radical (unpaired) electrons. The van der Waals surface area contributed by atoms with E-state index in [1.165, 1.54) is 5.56 Å². The van der Waals surface area contributed by atoms with Gasteiger partial charge in [0.15, 0.2) is 0 Å². The second kappa shape index (κ2) is 9.24. The van der Waals surface area contributed by atoms with Crippen molar-refractivity contribution >= 4 is 15.9 Å². The van der Waals surface area contributed by atoms with Gasteiger partial charge in [-0.05, 0) is 0 Å². The molecule has 0 spiro atoms. The van der Waals surface area contributed by atoms with E-state index in [2.05, 4.69) is 33.2 Å². The van der Waals surface area contributed by atoms with Crippen LogP contribution in [0.5, 0.6) is 0 Å². The van der Waals surface area contributed by atoms with Crippen molar-refractivity contribution in [2.24, 2.45) is 0 Å². The number of hydrogen-bond acceptors (Lipinski definition) is 0. The molecule has 1 heterocycles. The molecule has 0 bridgehead atoms. The van der Waals surface area contributed by atoms with Crippen LogP contribution in [0.4, 0.5) is 0 Å². The van der Waals surface area contributed by atoms with Crippen molar-refractivity contribution in [2.75, 3.05) is 0 Å². The predicted octanol–water partition coefficient (Wildman–Crippen LogP) is -6.31. The average Bonchev–Trinajstić information content (AvgIpc) is 2.36. The van der Waals surface area contributed by atoms with Crippen molar-refractivity contribution in [1.29, 1.82) is 0 Å². The standard InChI is InChI=1S/C8H5BrN.3ClH.Zr/c9-7-4-5-10-8-3-1-2-6(7)8;;;;/h1-4,10H;3*1H;/q-1;;;;+4/p-3. The van der Waals surface area contributed by atoms with Gasteiger partial charge in [-0.3, -0.25) is 0 Å². The Labute approximate surface area is 129 Å². The number of fused-ring (bicyclic) bond motifs is 1. The van der Waals surface area contributed by atoms with Gasteiger partial charge in [0, 0.05) is 0 Å². The summed E-state index contributed by atoms with van der Waals surface area (Å²) in [4.78, 5) is 3.02. The second-order valence-electron chi connectivity index (χ2n) is 2.11. The second-order valence-corrected chi connectivity index (χ2v) is 2.97. The van der Waals surface area contributed by atoms with Crippen molar-refractivity contribution in [3.05, 3.63) is 34.9 Å². The van der Waals surface area contributed by atoms with E-state index in [4.69, 9.17) is 0 Å². The van der Waals surface area contributed by atoms with Gasteiger partial charge in [-0.1, -0.05) is 33.9 Å². The van der Waals surface area contributed by atoms with Crippen LogP contribution in [0.3, 0.4) is 0 Å². The molecule has 0 amide bonds. The van der Waals surface area contributed by atoms with Gasteiger partial charge in [0.1, 0.15) is 0 Å². The summed E-state index contributed by atoms with van der Waals surface area (Å²) in [5, 5.41) is 0. The zero-order valence-corrected chi connectivity index (χ0v) is 13.1. The van der Waals surface area contributed by atoms with E-state index in [9.17, 15) is 0 Å². The number of H-pyrrole nitrogens is 1. The van der Waals surface area contributed by atoms with Crippen molar-refractivity contribution in [3.8, 4) is 11.3 Å². The fourth-order valence-electron chi connectivity index (χ4n) is 0.992. The third kappa shape index (κ3) is 4.24. The summed E-state index contributed by atoms with van der Waals surface area (Å²) in [6, 6.07) is 7.97. The molecule has 0 aromatic rings. The maximum absolute atomic E-state index is 3.42. The van der Waals surface area contributed by atoms with Crippen LogP contribution >= 0.6 is 15.9 Å². The molecule has 0 fully saturated rings. The van der Waals surface area contributed by atoms with E-state index >= 15 is 0 Å². The first-order chi connectivity index (χ1) is 4.88. The summed E-state index contributed by atoms with van der Waals surface area (Å²) in [7, 11) is 0. The van der Waals surface area contributed by atoms with Gasteiger partial charge < -0.3 is 42.2 Å². The number of rotatable bonds is 0. The maximum atomic E-state index is 3.42. The molecule has 2 rings (SSSR count). The SMILES string of the molecule is Brc1c[c-][nH]c2cccc1-2.[Cl-].[Cl-].[Cl-].[Zr+4]. The molecule has 1 N–H and O–H groups in total. The first-order valence-corrected chi connectivity index (χ1v) is 3.80. The Morgan fingerprint density at radius 1 is 1.14 bits per heavy atom. The first-order valence-electron chi connectivity index (χ1n) is 3.01. The van der Waals surface area contributed by atoms with Crippen LogP contribution in [0.1, 0.15) is 0 Å². The molecule has 0 saturated heterocycles. The molecule has 0 saturated carbocycles. The van der Waals surface area contributed by atoms with E-state index in [-0.39, 0.29) is 63.4 Å². The Kier molecular flexibility index (Phi) is 13.5. The minimum Gasteiger partial charge on any atom is -1.00 e. The predicted molar refractivity (Wildman–Crippen MR) is 44.0 cm³/mol. The third-order valence-electron chi connectivity index (χ3n) is 1.48. The van der Waals surface area contributed by atoms with Crippen LogP contribution in [0, 0.1) is 6.20 Å². The van der Waals surface area contributed by atoms with Crippen molar-refractivity contribution in [1.82, 2.24) is 4.98 Å². The number of halogens is 4. The Morgan fingerprint density at radius 2 is 1.79 bits per heavy atom. The molecule has 0 aromatic heterocycles. The minimum atomic E-state index is 0. The molecule has 14 heavy (non-hydrogen) atoms. The van der Waals surface area contributed by atoms with E-state index in [1.54, 1.807) is 0 Å². The number of pyridine rings is 1. The number of aromatic nitrogens is 1. The molecule has 1 nitrogen and oxygen atoms in total. The molecule has 6 heteroatoms. The minimum absolute atomic E-state index is 0. The van der Waals surface area contributed by atoms with Crippen LogP contribution in [-0.4, -0.2) is 4.98 Å². The van der Waals surface area contributed by atoms with Gasteiger partial charge >= 0.3 is 26.2 Å². The van der Waals surface area contributed by atoms with E-state index in [1.807, 2.05) is 18.2 Å². The van der Waals surface area contributed by atoms with Gasteiger partial charge in [-0.15, -0.1) is 28.2 Å².